The zero-order chi connectivity index (χ0) is 14.7. The first kappa shape index (κ1) is 14.7. The Morgan fingerprint density at radius 2 is 1.70 bits per heavy atom. The van der Waals surface area contributed by atoms with Crippen molar-refractivity contribution in [1.29, 1.82) is 0 Å². The molecule has 0 radical (unpaired) electrons. The molecule has 2 aromatic rings. The van der Waals surface area contributed by atoms with Gasteiger partial charge in [0.15, 0.2) is 11.6 Å². The van der Waals surface area contributed by atoms with Crippen molar-refractivity contribution in [2.24, 2.45) is 0 Å². The molecule has 0 amide bonds. The van der Waals surface area contributed by atoms with E-state index in [0.29, 0.717) is 11.8 Å². The van der Waals surface area contributed by atoms with Crippen molar-refractivity contribution in [1.82, 2.24) is 0 Å². The summed E-state index contributed by atoms with van der Waals surface area (Å²) in [5.41, 5.74) is 0.690. The van der Waals surface area contributed by atoms with E-state index in [4.69, 9.17) is 16.3 Å². The summed E-state index contributed by atoms with van der Waals surface area (Å²) in [6, 6.07) is 8.42. The molecule has 0 spiro atoms. The van der Waals surface area contributed by atoms with Gasteiger partial charge in [0.2, 0.25) is 0 Å². The van der Waals surface area contributed by atoms with Crippen LogP contribution in [0.1, 0.15) is 16.5 Å². The van der Waals surface area contributed by atoms with Gasteiger partial charge in [-0.25, -0.2) is 13.2 Å². The Labute approximate surface area is 119 Å². The number of methoxy groups -OCH3 is 1. The van der Waals surface area contributed by atoms with Crippen LogP contribution < -0.4 is 4.74 Å². The van der Waals surface area contributed by atoms with E-state index in [1.54, 1.807) is 24.3 Å². The van der Waals surface area contributed by atoms with E-state index < -0.39 is 22.8 Å². The fraction of sp³-hybridized carbons (Fsp3) is 0.200. The number of benzene rings is 2. The van der Waals surface area contributed by atoms with Crippen molar-refractivity contribution in [3.8, 4) is 5.75 Å². The first-order chi connectivity index (χ1) is 9.52. The lowest BCUT2D eigenvalue weighted by Crippen LogP contribution is -2.03. The van der Waals surface area contributed by atoms with Gasteiger partial charge < -0.3 is 4.74 Å². The SMILES string of the molecule is COc1ccccc1CC(Cl)c1cc(F)c(F)cc1F. The monoisotopic (exact) mass is 300 g/mol. The Morgan fingerprint density at radius 3 is 2.40 bits per heavy atom. The van der Waals surface area contributed by atoms with Gasteiger partial charge in [0.25, 0.3) is 0 Å². The average Bonchev–Trinajstić information content (AvgIpc) is 2.43. The molecule has 5 heteroatoms. The fourth-order valence-electron chi connectivity index (χ4n) is 1.95. The molecule has 0 aliphatic carbocycles. The Hall–Kier alpha value is -1.68. The van der Waals surface area contributed by atoms with Crippen LogP contribution in [0.5, 0.6) is 5.75 Å². The highest BCUT2D eigenvalue weighted by atomic mass is 35.5. The standard InChI is InChI=1S/C15H12ClF3O/c1-20-15-5-3-2-4-9(15)6-11(16)10-7-13(18)14(19)8-12(10)17/h2-5,7-8,11H,6H2,1H3. The summed E-state index contributed by atoms with van der Waals surface area (Å²) in [5, 5.41) is -0.818. The van der Waals surface area contributed by atoms with E-state index in [1.165, 1.54) is 7.11 Å². The van der Waals surface area contributed by atoms with E-state index in [2.05, 4.69) is 0 Å². The molecule has 0 N–H and O–H groups in total. The lowest BCUT2D eigenvalue weighted by atomic mass is 10.0. The van der Waals surface area contributed by atoms with Crippen molar-refractivity contribution in [2.75, 3.05) is 7.11 Å². The second-order valence-corrected chi connectivity index (χ2v) is 4.80. The number of halogens is 4. The van der Waals surface area contributed by atoms with Gasteiger partial charge in [0, 0.05) is 11.6 Å². The zero-order valence-electron chi connectivity index (χ0n) is 10.7. The van der Waals surface area contributed by atoms with Crippen LogP contribution in [0.4, 0.5) is 13.2 Å². The summed E-state index contributed by atoms with van der Waals surface area (Å²) in [6.45, 7) is 0. The third-order valence-corrected chi connectivity index (χ3v) is 3.36. The quantitative estimate of drug-likeness (QED) is 0.590. The second-order valence-electron chi connectivity index (χ2n) is 4.27. The van der Waals surface area contributed by atoms with Crippen LogP contribution in [0.3, 0.4) is 0 Å². The topological polar surface area (TPSA) is 9.23 Å². The fourth-order valence-corrected chi connectivity index (χ4v) is 2.29. The van der Waals surface area contributed by atoms with Crippen LogP contribution in [0, 0.1) is 17.5 Å². The molecule has 106 valence electrons. The number of hydrogen-bond donors (Lipinski definition) is 0. The first-order valence-corrected chi connectivity index (χ1v) is 6.37. The third kappa shape index (κ3) is 3.07. The van der Waals surface area contributed by atoms with Gasteiger partial charge in [-0.15, -0.1) is 11.6 Å². The van der Waals surface area contributed by atoms with Gasteiger partial charge in [-0.2, -0.15) is 0 Å². The molecule has 1 atom stereocenters. The number of hydrogen-bond acceptors (Lipinski definition) is 1. The maximum Gasteiger partial charge on any atom is 0.161 e. The number of ether oxygens (including phenoxy) is 1. The molecule has 0 saturated carbocycles. The van der Waals surface area contributed by atoms with Crippen molar-refractivity contribution >= 4 is 11.6 Å². The van der Waals surface area contributed by atoms with E-state index in [-0.39, 0.29) is 12.0 Å². The first-order valence-electron chi connectivity index (χ1n) is 5.93. The zero-order valence-corrected chi connectivity index (χ0v) is 11.4. The molecule has 0 heterocycles. The van der Waals surface area contributed by atoms with Gasteiger partial charge in [-0.3, -0.25) is 0 Å². The number of para-hydroxylation sites is 1. The lowest BCUT2D eigenvalue weighted by molar-refractivity contribution is 0.409. The molecule has 1 nitrogen and oxygen atoms in total. The summed E-state index contributed by atoms with van der Waals surface area (Å²) < 4.78 is 44.9. The van der Waals surface area contributed by atoms with Crippen LogP contribution >= 0.6 is 11.6 Å². The summed E-state index contributed by atoms with van der Waals surface area (Å²) in [5.74, 6) is -2.60. The van der Waals surface area contributed by atoms with E-state index >= 15 is 0 Å². The van der Waals surface area contributed by atoms with Crippen LogP contribution in [0.15, 0.2) is 36.4 Å². The molecule has 1 unspecified atom stereocenters. The molecule has 2 aromatic carbocycles. The van der Waals surface area contributed by atoms with Crippen LogP contribution in [0.25, 0.3) is 0 Å². The van der Waals surface area contributed by atoms with Gasteiger partial charge in [0.05, 0.1) is 12.5 Å². The molecule has 2 rings (SSSR count). The minimum Gasteiger partial charge on any atom is -0.496 e. The van der Waals surface area contributed by atoms with Gasteiger partial charge >= 0.3 is 0 Å². The highest BCUT2D eigenvalue weighted by molar-refractivity contribution is 6.21. The molecular formula is C15H12ClF3O. The van der Waals surface area contributed by atoms with E-state index in [0.717, 1.165) is 11.6 Å². The Balaban J connectivity index is 2.28. The van der Waals surface area contributed by atoms with Gasteiger partial charge in [-0.05, 0) is 24.1 Å². The average molecular weight is 301 g/mol. The van der Waals surface area contributed by atoms with Crippen molar-refractivity contribution in [3.05, 3.63) is 65.0 Å². The summed E-state index contributed by atoms with van der Waals surface area (Å²) in [6.07, 6.45) is 0.244. The molecule has 0 aliphatic heterocycles. The summed E-state index contributed by atoms with van der Waals surface area (Å²) in [7, 11) is 1.51. The summed E-state index contributed by atoms with van der Waals surface area (Å²) in [4.78, 5) is 0. The van der Waals surface area contributed by atoms with E-state index in [1.807, 2.05) is 0 Å². The van der Waals surface area contributed by atoms with Crippen molar-refractivity contribution in [3.63, 3.8) is 0 Å². The van der Waals surface area contributed by atoms with Crippen molar-refractivity contribution in [2.45, 2.75) is 11.8 Å². The second kappa shape index (κ2) is 6.18. The smallest absolute Gasteiger partial charge is 0.161 e. The Kier molecular flexibility index (Phi) is 4.55. The molecule has 0 aromatic heterocycles. The summed E-state index contributed by atoms with van der Waals surface area (Å²) >= 11 is 6.11. The molecule has 0 saturated heterocycles. The minimum absolute atomic E-state index is 0.0727. The van der Waals surface area contributed by atoms with Gasteiger partial charge in [-0.1, -0.05) is 18.2 Å². The van der Waals surface area contributed by atoms with E-state index in [9.17, 15) is 13.2 Å². The Morgan fingerprint density at radius 1 is 1.05 bits per heavy atom. The predicted octanol–water partition coefficient (Wildman–Crippen LogP) is 4.64. The molecule has 0 fully saturated rings. The molecule has 20 heavy (non-hydrogen) atoms. The highest BCUT2D eigenvalue weighted by Gasteiger charge is 2.18. The molecule has 0 bridgehead atoms. The lowest BCUT2D eigenvalue weighted by Gasteiger charge is -2.14. The molecule has 0 aliphatic rings. The van der Waals surface area contributed by atoms with Crippen molar-refractivity contribution < 1.29 is 17.9 Å². The van der Waals surface area contributed by atoms with Gasteiger partial charge in [0.1, 0.15) is 11.6 Å². The minimum atomic E-state index is -1.23. The Bertz CT molecular complexity index is 616. The largest absolute Gasteiger partial charge is 0.496 e. The number of rotatable bonds is 4. The third-order valence-electron chi connectivity index (χ3n) is 2.97. The predicted molar refractivity (Wildman–Crippen MR) is 71.6 cm³/mol. The maximum atomic E-state index is 13.6. The normalized spacial score (nSPS) is 12.2. The van der Waals surface area contributed by atoms with Crippen LogP contribution in [0.2, 0.25) is 0 Å². The maximum absolute atomic E-state index is 13.6. The van der Waals surface area contributed by atoms with Crippen LogP contribution in [-0.4, -0.2) is 7.11 Å². The molecular weight excluding hydrogens is 289 g/mol. The number of alkyl halides is 1. The highest BCUT2D eigenvalue weighted by Crippen LogP contribution is 2.31. The van der Waals surface area contributed by atoms with Crippen LogP contribution in [-0.2, 0) is 6.42 Å².